The normalized spacial score (nSPS) is 16.4. The lowest BCUT2D eigenvalue weighted by Gasteiger charge is -2.19. The number of benzene rings is 1. The van der Waals surface area contributed by atoms with Crippen molar-refractivity contribution in [2.75, 3.05) is 0 Å². The van der Waals surface area contributed by atoms with E-state index in [4.69, 9.17) is 5.73 Å². The van der Waals surface area contributed by atoms with E-state index < -0.39 is 10.8 Å². The number of hydrogen-bond donors (Lipinski definition) is 1. The summed E-state index contributed by atoms with van der Waals surface area (Å²) in [7, 11) is -1.03. The molecule has 0 amide bonds. The van der Waals surface area contributed by atoms with Gasteiger partial charge in [-0.25, -0.2) is 0 Å². The van der Waals surface area contributed by atoms with E-state index in [2.05, 4.69) is 0 Å². The van der Waals surface area contributed by atoms with Gasteiger partial charge in [0.1, 0.15) is 0 Å². The highest BCUT2D eigenvalue weighted by molar-refractivity contribution is 7.87. The maximum Gasteiger partial charge on any atom is 0.0914 e. The van der Waals surface area contributed by atoms with Crippen molar-refractivity contribution in [3.05, 3.63) is 53.4 Å². The van der Waals surface area contributed by atoms with Gasteiger partial charge in [-0.1, -0.05) is 36.4 Å². The van der Waals surface area contributed by atoms with E-state index in [0.29, 0.717) is 0 Å². The van der Waals surface area contributed by atoms with Crippen LogP contribution in [-0.2, 0) is 10.8 Å². The fourth-order valence-corrected chi connectivity index (χ4v) is 4.09. The molecule has 2 nitrogen and oxygen atoms in total. The molecule has 1 heterocycles. The topological polar surface area (TPSA) is 43.1 Å². The van der Waals surface area contributed by atoms with Gasteiger partial charge in [0.05, 0.1) is 20.3 Å². The molecule has 0 radical (unpaired) electrons. The molecule has 0 fully saturated rings. The molecule has 0 saturated heterocycles. The molecule has 1 aromatic heterocycles. The minimum atomic E-state index is -1.03. The van der Waals surface area contributed by atoms with Crippen LogP contribution in [0.1, 0.15) is 18.5 Å². The Labute approximate surface area is 108 Å². The van der Waals surface area contributed by atoms with Crippen LogP contribution < -0.4 is 5.73 Å². The first-order valence-corrected chi connectivity index (χ1v) is 7.54. The molecule has 2 N–H and O–H groups in total. The van der Waals surface area contributed by atoms with Gasteiger partial charge in [0, 0.05) is 6.04 Å². The largest absolute Gasteiger partial charge is 0.323 e. The monoisotopic (exact) mass is 265 g/mol. The minimum Gasteiger partial charge on any atom is -0.323 e. The molecule has 90 valence electrons. The van der Waals surface area contributed by atoms with Crippen LogP contribution in [0.3, 0.4) is 0 Å². The first-order chi connectivity index (χ1) is 8.20. The van der Waals surface area contributed by atoms with Gasteiger partial charge in [-0.05, 0) is 23.9 Å². The van der Waals surface area contributed by atoms with Crippen molar-refractivity contribution < 1.29 is 4.21 Å². The summed E-state index contributed by atoms with van der Waals surface area (Å²) in [6.45, 7) is 1.94. The van der Waals surface area contributed by atoms with Crippen molar-refractivity contribution >= 4 is 22.1 Å². The van der Waals surface area contributed by atoms with Crippen LogP contribution in [0.4, 0.5) is 0 Å². The van der Waals surface area contributed by atoms with Gasteiger partial charge < -0.3 is 5.73 Å². The molecular formula is C13H15NOS2. The second kappa shape index (κ2) is 5.58. The predicted octanol–water partition coefficient (Wildman–Crippen LogP) is 2.94. The molecule has 0 saturated carbocycles. The summed E-state index contributed by atoms with van der Waals surface area (Å²) >= 11 is 1.52. The van der Waals surface area contributed by atoms with Crippen molar-refractivity contribution in [3.8, 4) is 0 Å². The number of nitrogens with two attached hydrogens (primary N) is 1. The van der Waals surface area contributed by atoms with Crippen LogP contribution in [0.25, 0.3) is 0 Å². The van der Waals surface area contributed by atoms with E-state index in [9.17, 15) is 4.21 Å². The molecule has 2 rings (SSSR count). The second-order valence-electron chi connectivity index (χ2n) is 3.87. The van der Waals surface area contributed by atoms with E-state index in [1.165, 1.54) is 11.3 Å². The average molecular weight is 265 g/mol. The average Bonchev–Trinajstić information content (AvgIpc) is 2.91. The Kier molecular flexibility index (Phi) is 4.10. The molecule has 0 aliphatic heterocycles. The second-order valence-corrected chi connectivity index (χ2v) is 6.86. The summed E-state index contributed by atoms with van der Waals surface area (Å²) in [5, 5.41) is 1.85. The summed E-state index contributed by atoms with van der Waals surface area (Å²) in [5.41, 5.74) is 7.19. The zero-order valence-corrected chi connectivity index (χ0v) is 11.2. The molecule has 2 aromatic rings. The number of hydrogen-bond acceptors (Lipinski definition) is 3. The Morgan fingerprint density at radius 2 is 1.88 bits per heavy atom. The van der Waals surface area contributed by atoms with Crippen molar-refractivity contribution in [1.29, 1.82) is 0 Å². The van der Waals surface area contributed by atoms with Crippen molar-refractivity contribution in [2.24, 2.45) is 5.73 Å². The highest BCUT2D eigenvalue weighted by atomic mass is 32.2. The fraction of sp³-hybridized carbons (Fsp3) is 0.231. The molecule has 4 heteroatoms. The Hall–Kier alpha value is -0.970. The maximum atomic E-state index is 12.3. The minimum absolute atomic E-state index is 0.0870. The third-order valence-corrected chi connectivity index (χ3v) is 5.67. The van der Waals surface area contributed by atoms with E-state index in [1.807, 2.05) is 54.8 Å². The Bertz CT molecular complexity index is 481. The van der Waals surface area contributed by atoms with Crippen LogP contribution in [0.5, 0.6) is 0 Å². The molecule has 0 bridgehead atoms. The molecule has 0 spiro atoms. The Balaban J connectivity index is 2.15. The Morgan fingerprint density at radius 1 is 1.18 bits per heavy atom. The van der Waals surface area contributed by atoms with Crippen molar-refractivity contribution in [1.82, 2.24) is 0 Å². The summed E-state index contributed by atoms with van der Waals surface area (Å²) in [6.07, 6.45) is 0. The van der Waals surface area contributed by atoms with Crippen molar-refractivity contribution in [2.45, 2.75) is 22.4 Å². The van der Waals surface area contributed by atoms with E-state index in [-0.39, 0.29) is 11.3 Å². The molecular weight excluding hydrogens is 250 g/mol. The van der Waals surface area contributed by atoms with Gasteiger partial charge in [-0.3, -0.25) is 4.21 Å². The zero-order valence-electron chi connectivity index (χ0n) is 9.58. The SMILES string of the molecule is CC(C(N)c1ccccc1)S(=O)c1cccs1. The first-order valence-electron chi connectivity index (χ1n) is 5.45. The lowest BCUT2D eigenvalue weighted by molar-refractivity contribution is 0.645. The first kappa shape index (κ1) is 12.5. The molecule has 3 unspecified atom stereocenters. The number of thiophene rings is 1. The molecule has 17 heavy (non-hydrogen) atoms. The van der Waals surface area contributed by atoms with Crippen molar-refractivity contribution in [3.63, 3.8) is 0 Å². The molecule has 0 aliphatic rings. The quantitative estimate of drug-likeness (QED) is 0.923. The molecule has 3 atom stereocenters. The van der Waals surface area contributed by atoms with Gasteiger partial charge in [-0.15, -0.1) is 11.3 Å². The standard InChI is InChI=1S/C13H15NOS2/c1-10(17(15)12-8-5-9-16-12)13(14)11-6-3-2-4-7-11/h2-10,13H,14H2,1H3. The highest BCUT2D eigenvalue weighted by Crippen LogP contribution is 2.24. The molecule has 1 aromatic carbocycles. The van der Waals surface area contributed by atoms with E-state index >= 15 is 0 Å². The van der Waals surface area contributed by atoms with Gasteiger partial charge in [0.2, 0.25) is 0 Å². The summed E-state index contributed by atoms with van der Waals surface area (Å²) in [6, 6.07) is 13.4. The third-order valence-electron chi connectivity index (χ3n) is 2.72. The smallest absolute Gasteiger partial charge is 0.0914 e. The van der Waals surface area contributed by atoms with Gasteiger partial charge in [-0.2, -0.15) is 0 Å². The third kappa shape index (κ3) is 2.83. The fourth-order valence-electron chi connectivity index (χ4n) is 1.64. The van der Waals surface area contributed by atoms with Crippen LogP contribution in [0.15, 0.2) is 52.1 Å². The van der Waals surface area contributed by atoms with Gasteiger partial charge >= 0.3 is 0 Å². The van der Waals surface area contributed by atoms with E-state index in [1.54, 1.807) is 0 Å². The molecule has 0 aliphatic carbocycles. The lowest BCUT2D eigenvalue weighted by atomic mass is 10.1. The predicted molar refractivity (Wildman–Crippen MR) is 73.6 cm³/mol. The number of rotatable bonds is 4. The lowest BCUT2D eigenvalue weighted by Crippen LogP contribution is -2.27. The van der Waals surface area contributed by atoms with Crippen LogP contribution in [0, 0.1) is 0 Å². The Morgan fingerprint density at radius 3 is 2.47 bits per heavy atom. The summed E-state index contributed by atoms with van der Waals surface area (Å²) in [4.78, 5) is 0. The zero-order chi connectivity index (χ0) is 12.3. The maximum absolute atomic E-state index is 12.3. The highest BCUT2D eigenvalue weighted by Gasteiger charge is 2.22. The van der Waals surface area contributed by atoms with Gasteiger partial charge in [0.25, 0.3) is 0 Å². The van der Waals surface area contributed by atoms with Crippen LogP contribution in [0.2, 0.25) is 0 Å². The summed E-state index contributed by atoms with van der Waals surface area (Å²) < 4.78 is 13.2. The van der Waals surface area contributed by atoms with Crippen LogP contribution >= 0.6 is 11.3 Å². The van der Waals surface area contributed by atoms with E-state index in [0.717, 1.165) is 9.77 Å². The van der Waals surface area contributed by atoms with Crippen LogP contribution in [-0.4, -0.2) is 9.46 Å². The van der Waals surface area contributed by atoms with Gasteiger partial charge in [0.15, 0.2) is 0 Å². The summed E-state index contributed by atoms with van der Waals surface area (Å²) in [5.74, 6) is 0.